The van der Waals surface area contributed by atoms with Crippen molar-refractivity contribution in [2.75, 3.05) is 18.5 Å². The van der Waals surface area contributed by atoms with Crippen LogP contribution in [-0.2, 0) is 6.42 Å². The molecule has 92 valence electrons. The Labute approximate surface area is 109 Å². The quantitative estimate of drug-likeness (QED) is 0.861. The van der Waals surface area contributed by atoms with E-state index in [1.807, 2.05) is 18.2 Å². The van der Waals surface area contributed by atoms with E-state index in [0.717, 1.165) is 17.1 Å². The molecule has 2 heterocycles. The van der Waals surface area contributed by atoms with Crippen molar-refractivity contribution in [2.45, 2.75) is 6.42 Å². The first kappa shape index (κ1) is 11.2. The molecule has 5 heteroatoms. The fourth-order valence-electron chi connectivity index (χ4n) is 1.97. The SMILES string of the molecule is O=C(Cc1cncs1)c1cccc2c1OCCN2. The Hall–Kier alpha value is -1.88. The standard InChI is InChI=1S/C13H12N2O2S/c16-12(6-9-7-14-8-18-9)10-2-1-3-11-13(10)17-5-4-15-11/h1-3,7-8,15H,4-6H2. The van der Waals surface area contributed by atoms with Gasteiger partial charge in [0.15, 0.2) is 11.5 Å². The lowest BCUT2D eigenvalue weighted by atomic mass is 10.0. The molecule has 1 N–H and O–H groups in total. The zero-order valence-electron chi connectivity index (χ0n) is 9.68. The Kier molecular flexibility index (Phi) is 2.98. The molecule has 0 atom stereocenters. The number of para-hydroxylation sites is 1. The molecule has 0 fully saturated rings. The molecule has 0 amide bonds. The van der Waals surface area contributed by atoms with Crippen LogP contribution >= 0.6 is 11.3 Å². The van der Waals surface area contributed by atoms with Crippen LogP contribution in [0.4, 0.5) is 5.69 Å². The molecule has 0 aliphatic carbocycles. The second kappa shape index (κ2) is 4.78. The average Bonchev–Trinajstić information content (AvgIpc) is 2.91. The van der Waals surface area contributed by atoms with Crippen molar-refractivity contribution in [1.82, 2.24) is 4.98 Å². The summed E-state index contributed by atoms with van der Waals surface area (Å²) in [5.74, 6) is 0.748. The summed E-state index contributed by atoms with van der Waals surface area (Å²) in [6, 6.07) is 5.62. The first-order valence-corrected chi connectivity index (χ1v) is 6.63. The molecule has 1 aromatic carbocycles. The number of hydrogen-bond donors (Lipinski definition) is 1. The van der Waals surface area contributed by atoms with Crippen molar-refractivity contribution in [3.05, 3.63) is 40.3 Å². The average molecular weight is 260 g/mol. The number of fused-ring (bicyclic) bond motifs is 1. The van der Waals surface area contributed by atoms with Crippen LogP contribution in [0.1, 0.15) is 15.2 Å². The highest BCUT2D eigenvalue weighted by Crippen LogP contribution is 2.32. The summed E-state index contributed by atoms with van der Waals surface area (Å²) in [5.41, 5.74) is 3.28. The summed E-state index contributed by atoms with van der Waals surface area (Å²) in [4.78, 5) is 17.2. The Morgan fingerprint density at radius 3 is 3.28 bits per heavy atom. The van der Waals surface area contributed by atoms with E-state index in [0.29, 0.717) is 24.3 Å². The summed E-state index contributed by atoms with van der Waals surface area (Å²) in [7, 11) is 0. The van der Waals surface area contributed by atoms with Crippen LogP contribution in [0, 0.1) is 0 Å². The molecule has 1 aromatic heterocycles. The maximum absolute atomic E-state index is 12.3. The predicted molar refractivity (Wildman–Crippen MR) is 70.6 cm³/mol. The number of thiazole rings is 1. The number of aromatic nitrogens is 1. The molecule has 0 unspecified atom stereocenters. The number of Topliss-reactive ketones (excluding diaryl/α,β-unsaturated/α-hetero) is 1. The van der Waals surface area contributed by atoms with Crippen molar-refractivity contribution in [3.63, 3.8) is 0 Å². The number of rotatable bonds is 3. The number of nitrogens with one attached hydrogen (secondary N) is 1. The van der Waals surface area contributed by atoms with Gasteiger partial charge in [-0.2, -0.15) is 0 Å². The van der Waals surface area contributed by atoms with E-state index in [4.69, 9.17) is 4.74 Å². The van der Waals surface area contributed by atoms with Gasteiger partial charge >= 0.3 is 0 Å². The third-order valence-electron chi connectivity index (χ3n) is 2.80. The normalized spacial score (nSPS) is 13.3. The number of ketones is 1. The van der Waals surface area contributed by atoms with Gasteiger partial charge in [-0.15, -0.1) is 11.3 Å². The fourth-order valence-corrected chi connectivity index (χ4v) is 2.57. The van der Waals surface area contributed by atoms with Gasteiger partial charge in [-0.3, -0.25) is 9.78 Å². The van der Waals surface area contributed by atoms with Crippen molar-refractivity contribution in [2.24, 2.45) is 0 Å². The summed E-state index contributed by atoms with van der Waals surface area (Å²) in [5, 5.41) is 3.23. The molecular formula is C13H12N2O2S. The molecule has 0 saturated carbocycles. The molecule has 2 aromatic rings. The minimum Gasteiger partial charge on any atom is -0.489 e. The number of benzene rings is 1. The fraction of sp³-hybridized carbons (Fsp3) is 0.231. The lowest BCUT2D eigenvalue weighted by Gasteiger charge is -2.21. The Morgan fingerprint density at radius 1 is 1.50 bits per heavy atom. The number of nitrogens with zero attached hydrogens (tertiary/aromatic N) is 1. The molecule has 4 nitrogen and oxygen atoms in total. The second-order valence-electron chi connectivity index (χ2n) is 4.03. The van der Waals surface area contributed by atoms with Crippen molar-refractivity contribution >= 4 is 22.8 Å². The largest absolute Gasteiger partial charge is 0.489 e. The molecule has 0 spiro atoms. The van der Waals surface area contributed by atoms with Crippen molar-refractivity contribution < 1.29 is 9.53 Å². The predicted octanol–water partition coefficient (Wildman–Crippen LogP) is 2.37. The first-order chi connectivity index (χ1) is 8.84. The van der Waals surface area contributed by atoms with E-state index >= 15 is 0 Å². The van der Waals surface area contributed by atoms with E-state index in [-0.39, 0.29) is 5.78 Å². The van der Waals surface area contributed by atoms with Gasteiger partial charge in [0.1, 0.15) is 6.61 Å². The van der Waals surface area contributed by atoms with E-state index < -0.39 is 0 Å². The van der Waals surface area contributed by atoms with Crippen molar-refractivity contribution in [1.29, 1.82) is 0 Å². The zero-order chi connectivity index (χ0) is 12.4. The number of carbonyl (C=O) groups is 1. The minimum absolute atomic E-state index is 0.0693. The van der Waals surface area contributed by atoms with Gasteiger partial charge in [-0.05, 0) is 12.1 Å². The van der Waals surface area contributed by atoms with E-state index in [2.05, 4.69) is 10.3 Å². The highest BCUT2D eigenvalue weighted by Gasteiger charge is 2.19. The lowest BCUT2D eigenvalue weighted by Crippen LogP contribution is -2.20. The summed E-state index contributed by atoms with van der Waals surface area (Å²) in [6.07, 6.45) is 2.11. The van der Waals surface area contributed by atoms with Crippen LogP contribution in [0.25, 0.3) is 0 Å². The van der Waals surface area contributed by atoms with Gasteiger partial charge in [0, 0.05) is 24.0 Å². The summed E-state index contributed by atoms with van der Waals surface area (Å²) < 4.78 is 5.60. The monoisotopic (exact) mass is 260 g/mol. The number of anilines is 1. The first-order valence-electron chi connectivity index (χ1n) is 5.75. The molecule has 0 bridgehead atoms. The van der Waals surface area contributed by atoms with Gasteiger partial charge in [-0.25, -0.2) is 0 Å². The van der Waals surface area contributed by atoms with Crippen LogP contribution in [0.15, 0.2) is 29.9 Å². The van der Waals surface area contributed by atoms with Gasteiger partial charge in [0.2, 0.25) is 0 Å². The number of hydrogen-bond acceptors (Lipinski definition) is 5. The molecule has 1 aliphatic rings. The van der Waals surface area contributed by atoms with Crippen LogP contribution in [0.5, 0.6) is 5.75 Å². The maximum atomic E-state index is 12.3. The Morgan fingerprint density at radius 2 is 2.44 bits per heavy atom. The molecule has 18 heavy (non-hydrogen) atoms. The van der Waals surface area contributed by atoms with E-state index in [9.17, 15) is 4.79 Å². The van der Waals surface area contributed by atoms with Gasteiger partial charge in [-0.1, -0.05) is 6.07 Å². The molecular weight excluding hydrogens is 248 g/mol. The summed E-state index contributed by atoms with van der Waals surface area (Å²) in [6.45, 7) is 1.37. The lowest BCUT2D eigenvalue weighted by molar-refractivity contribution is 0.0990. The third kappa shape index (κ3) is 2.09. The van der Waals surface area contributed by atoms with E-state index in [1.54, 1.807) is 11.7 Å². The Balaban J connectivity index is 1.89. The molecule has 3 rings (SSSR count). The number of ether oxygens (including phenoxy) is 1. The Bertz CT molecular complexity index is 566. The number of carbonyl (C=O) groups excluding carboxylic acids is 1. The highest BCUT2D eigenvalue weighted by atomic mass is 32.1. The smallest absolute Gasteiger partial charge is 0.171 e. The zero-order valence-corrected chi connectivity index (χ0v) is 10.5. The van der Waals surface area contributed by atoms with Gasteiger partial charge in [0.05, 0.1) is 16.8 Å². The van der Waals surface area contributed by atoms with E-state index in [1.165, 1.54) is 11.3 Å². The maximum Gasteiger partial charge on any atom is 0.171 e. The van der Waals surface area contributed by atoms with Crippen LogP contribution in [0.2, 0.25) is 0 Å². The van der Waals surface area contributed by atoms with Gasteiger partial charge in [0.25, 0.3) is 0 Å². The van der Waals surface area contributed by atoms with Gasteiger partial charge < -0.3 is 10.1 Å². The third-order valence-corrected chi connectivity index (χ3v) is 3.58. The van der Waals surface area contributed by atoms with Crippen LogP contribution in [-0.4, -0.2) is 23.9 Å². The van der Waals surface area contributed by atoms with Crippen LogP contribution in [0.3, 0.4) is 0 Å². The van der Waals surface area contributed by atoms with Crippen LogP contribution < -0.4 is 10.1 Å². The molecule has 0 saturated heterocycles. The summed E-state index contributed by atoms with van der Waals surface area (Å²) >= 11 is 1.49. The topological polar surface area (TPSA) is 51.2 Å². The highest BCUT2D eigenvalue weighted by molar-refractivity contribution is 7.09. The minimum atomic E-state index is 0.0693. The molecule has 1 aliphatic heterocycles. The molecule has 0 radical (unpaired) electrons. The van der Waals surface area contributed by atoms with Crippen molar-refractivity contribution in [3.8, 4) is 5.75 Å². The second-order valence-corrected chi connectivity index (χ2v) is 5.00.